The number of aliphatic carboxylic acids is 1. The van der Waals surface area contributed by atoms with Crippen LogP contribution in [0.2, 0.25) is 0 Å². The standard InChI is InChI=1S/C40H45N5O6/c1-3-26-4-10-29(11-5-26)30-14-16-31(17-15-30)33-21-41-38(42-22-33)32-12-6-28(7-13-32)24-45(25-37(47)48)39(49)35-23-43-40(51-35)44-36(46)20-27-8-18-34(50-2)19-9-27/h6-9,12-13,16,18-19,21-23,26,29-30H,3-5,10-11,14-15,17,20,24-25H2,1-2H3,(H,47,48)(H,43,44,46)/t26-,29-,30?. The molecule has 1 saturated carbocycles. The third-order valence-corrected chi connectivity index (χ3v) is 10.3. The van der Waals surface area contributed by atoms with E-state index in [1.807, 2.05) is 36.7 Å². The van der Waals surface area contributed by atoms with E-state index in [0.29, 0.717) is 17.1 Å². The number of oxazole rings is 1. The fraction of sp³-hybridized carbons (Fsp3) is 0.400. The van der Waals surface area contributed by atoms with Crippen molar-refractivity contribution >= 4 is 29.4 Å². The third-order valence-electron chi connectivity index (χ3n) is 10.3. The molecule has 0 aliphatic heterocycles. The molecule has 11 nitrogen and oxygen atoms in total. The highest BCUT2D eigenvalue weighted by Crippen LogP contribution is 2.41. The number of rotatable bonds is 13. The van der Waals surface area contributed by atoms with E-state index in [1.54, 1.807) is 31.4 Å². The van der Waals surface area contributed by atoms with Gasteiger partial charge in [-0.05, 0) is 78.7 Å². The minimum atomic E-state index is -1.18. The van der Waals surface area contributed by atoms with Crippen molar-refractivity contribution in [2.45, 2.75) is 71.3 Å². The van der Waals surface area contributed by atoms with Gasteiger partial charge in [-0.15, -0.1) is 0 Å². The Bertz CT molecular complexity index is 1830. The lowest BCUT2D eigenvalue weighted by molar-refractivity contribution is -0.137. The van der Waals surface area contributed by atoms with Gasteiger partial charge in [0, 0.05) is 30.1 Å². The number of carboxylic acid groups (broad SMARTS) is 1. The van der Waals surface area contributed by atoms with E-state index < -0.39 is 18.4 Å². The van der Waals surface area contributed by atoms with Gasteiger partial charge in [0.05, 0.1) is 19.7 Å². The molecule has 11 heteroatoms. The highest BCUT2D eigenvalue weighted by atomic mass is 16.5. The topological polar surface area (TPSA) is 148 Å². The van der Waals surface area contributed by atoms with Crippen molar-refractivity contribution in [1.82, 2.24) is 19.9 Å². The van der Waals surface area contributed by atoms with Gasteiger partial charge in [0.25, 0.3) is 5.91 Å². The Labute approximate surface area is 298 Å². The van der Waals surface area contributed by atoms with Gasteiger partial charge in [-0.25, -0.2) is 15.0 Å². The zero-order valence-electron chi connectivity index (χ0n) is 29.2. The summed E-state index contributed by atoms with van der Waals surface area (Å²) >= 11 is 0. The number of benzene rings is 2. The quantitative estimate of drug-likeness (QED) is 0.146. The van der Waals surface area contributed by atoms with Crippen LogP contribution in [0, 0.1) is 17.8 Å². The van der Waals surface area contributed by atoms with E-state index in [9.17, 15) is 19.5 Å². The number of carboxylic acids is 1. The molecule has 6 rings (SSSR count). The number of aromatic nitrogens is 3. The molecule has 2 amide bonds. The van der Waals surface area contributed by atoms with Gasteiger partial charge in [-0.1, -0.05) is 68.7 Å². The third kappa shape index (κ3) is 9.27. The average Bonchev–Trinajstić information content (AvgIpc) is 3.63. The number of amides is 2. The molecular weight excluding hydrogens is 646 g/mol. The van der Waals surface area contributed by atoms with Gasteiger partial charge in [-0.3, -0.25) is 19.7 Å². The second kappa shape index (κ2) is 16.6. The Hall–Kier alpha value is -5.32. The van der Waals surface area contributed by atoms with E-state index in [0.717, 1.165) is 52.2 Å². The van der Waals surface area contributed by atoms with E-state index >= 15 is 0 Å². The lowest BCUT2D eigenvalue weighted by Gasteiger charge is -2.35. The van der Waals surface area contributed by atoms with E-state index in [4.69, 9.17) is 9.15 Å². The summed E-state index contributed by atoms with van der Waals surface area (Å²) in [5.74, 6) is 1.43. The highest BCUT2D eigenvalue weighted by Gasteiger charge is 2.28. The van der Waals surface area contributed by atoms with Gasteiger partial charge in [-0.2, -0.15) is 0 Å². The second-order valence-corrected chi connectivity index (χ2v) is 13.6. The number of allylic oxidation sites excluding steroid dienone is 2. The number of methoxy groups -OCH3 is 1. The average molecular weight is 692 g/mol. The molecule has 51 heavy (non-hydrogen) atoms. The van der Waals surface area contributed by atoms with E-state index in [-0.39, 0.29) is 30.6 Å². The molecular formula is C40H45N5O6. The van der Waals surface area contributed by atoms with Crippen LogP contribution in [0.3, 0.4) is 0 Å². The summed E-state index contributed by atoms with van der Waals surface area (Å²) in [4.78, 5) is 51.9. The molecule has 266 valence electrons. The van der Waals surface area contributed by atoms with Crippen LogP contribution in [-0.2, 0) is 22.6 Å². The van der Waals surface area contributed by atoms with Crippen LogP contribution in [0.1, 0.15) is 85.5 Å². The maximum atomic E-state index is 13.3. The first-order valence-corrected chi connectivity index (χ1v) is 17.8. The maximum Gasteiger partial charge on any atom is 0.323 e. The van der Waals surface area contributed by atoms with Crippen molar-refractivity contribution in [3.05, 3.63) is 95.6 Å². The Balaban J connectivity index is 1.03. The summed E-state index contributed by atoms with van der Waals surface area (Å²) in [5.41, 5.74) is 4.67. The van der Waals surface area contributed by atoms with Crippen LogP contribution >= 0.6 is 0 Å². The first-order valence-electron chi connectivity index (χ1n) is 17.8. The molecule has 1 unspecified atom stereocenters. The van der Waals surface area contributed by atoms with Gasteiger partial charge >= 0.3 is 12.0 Å². The van der Waals surface area contributed by atoms with Crippen molar-refractivity contribution in [2.75, 3.05) is 19.0 Å². The lowest BCUT2D eigenvalue weighted by atomic mass is 9.71. The molecule has 0 saturated heterocycles. The Morgan fingerprint density at radius 2 is 1.59 bits per heavy atom. The second-order valence-electron chi connectivity index (χ2n) is 13.6. The molecule has 1 atom stereocenters. The van der Waals surface area contributed by atoms with Gasteiger partial charge in [0.2, 0.25) is 11.7 Å². The summed E-state index contributed by atoms with van der Waals surface area (Å²) < 4.78 is 10.6. The number of carbonyl (C=O) groups is 3. The van der Waals surface area contributed by atoms with E-state index in [2.05, 4.69) is 33.3 Å². The van der Waals surface area contributed by atoms with Crippen molar-refractivity contribution in [1.29, 1.82) is 0 Å². The first-order chi connectivity index (χ1) is 24.8. The molecule has 2 aliphatic carbocycles. The van der Waals surface area contributed by atoms with Crippen LogP contribution in [0.25, 0.3) is 17.0 Å². The monoisotopic (exact) mass is 691 g/mol. The lowest BCUT2D eigenvalue weighted by Crippen LogP contribution is -2.35. The molecule has 2 heterocycles. The Morgan fingerprint density at radius 1 is 0.882 bits per heavy atom. The van der Waals surface area contributed by atoms with Crippen LogP contribution < -0.4 is 10.1 Å². The van der Waals surface area contributed by atoms with Crippen LogP contribution in [0.5, 0.6) is 5.75 Å². The fourth-order valence-corrected chi connectivity index (χ4v) is 7.28. The summed E-state index contributed by atoms with van der Waals surface area (Å²) in [6.45, 7) is 1.78. The number of nitrogens with one attached hydrogen (secondary N) is 1. The molecule has 2 aromatic heterocycles. The molecule has 4 aromatic rings. The predicted octanol–water partition coefficient (Wildman–Crippen LogP) is 7.45. The van der Waals surface area contributed by atoms with Gasteiger partial charge in [0.15, 0.2) is 5.82 Å². The number of nitrogens with zero attached hydrogens (tertiary/aromatic N) is 4. The molecule has 2 aliphatic rings. The number of ether oxygens (including phenoxy) is 1. The van der Waals surface area contributed by atoms with Crippen LogP contribution in [0.4, 0.5) is 6.01 Å². The van der Waals surface area contributed by atoms with Crippen molar-refractivity contribution < 1.29 is 28.6 Å². The summed E-state index contributed by atoms with van der Waals surface area (Å²) in [6.07, 6.45) is 17.7. The van der Waals surface area contributed by atoms with Crippen LogP contribution in [0.15, 0.2) is 77.6 Å². The molecule has 0 spiro atoms. The smallest absolute Gasteiger partial charge is 0.323 e. The van der Waals surface area contributed by atoms with Crippen molar-refractivity contribution in [3.63, 3.8) is 0 Å². The SMILES string of the molecule is CC[C@H]1CC[C@H](C2CC=C(c3cnc(-c4ccc(CN(CC(=O)O)C(=O)c5cnc(NC(=O)Cc6ccc(OC)cc6)o5)cc4)nc3)CC2)CC1. The van der Waals surface area contributed by atoms with E-state index in [1.165, 1.54) is 50.3 Å². The number of hydrogen-bond donors (Lipinski definition) is 2. The minimum Gasteiger partial charge on any atom is -0.497 e. The molecule has 0 radical (unpaired) electrons. The van der Waals surface area contributed by atoms with Crippen molar-refractivity contribution in [3.8, 4) is 17.1 Å². The maximum absolute atomic E-state index is 13.3. The molecule has 1 fully saturated rings. The normalized spacial score (nSPS) is 18.8. The van der Waals surface area contributed by atoms with Gasteiger partial charge < -0.3 is 19.2 Å². The number of hydrogen-bond acceptors (Lipinski definition) is 8. The highest BCUT2D eigenvalue weighted by molar-refractivity contribution is 5.94. The number of anilines is 1. The zero-order valence-corrected chi connectivity index (χ0v) is 29.2. The molecule has 0 bridgehead atoms. The summed E-state index contributed by atoms with van der Waals surface area (Å²) in [7, 11) is 1.56. The first kappa shape index (κ1) is 35.5. The largest absolute Gasteiger partial charge is 0.497 e. The fourth-order valence-electron chi connectivity index (χ4n) is 7.28. The molecule has 2 aromatic carbocycles. The minimum absolute atomic E-state index is 0.0141. The van der Waals surface area contributed by atoms with Gasteiger partial charge in [0.1, 0.15) is 12.3 Å². The Morgan fingerprint density at radius 3 is 2.22 bits per heavy atom. The molecule has 2 N–H and O–H groups in total. The van der Waals surface area contributed by atoms with Crippen molar-refractivity contribution in [2.24, 2.45) is 17.8 Å². The Kier molecular flexibility index (Phi) is 11.6. The summed E-state index contributed by atoms with van der Waals surface area (Å²) in [6, 6.07) is 14.2. The zero-order chi connectivity index (χ0) is 35.7. The number of carbonyl (C=O) groups excluding carboxylic acids is 2. The predicted molar refractivity (Wildman–Crippen MR) is 193 cm³/mol. The summed E-state index contributed by atoms with van der Waals surface area (Å²) in [5, 5.41) is 12.1. The van der Waals surface area contributed by atoms with Crippen LogP contribution in [-0.4, -0.2) is 56.4 Å².